The second kappa shape index (κ2) is 7.79. The zero-order chi connectivity index (χ0) is 16.9. The molecule has 0 saturated carbocycles. The molecule has 0 aliphatic carbocycles. The maximum Gasteiger partial charge on any atom is 0.227 e. The molecule has 2 aliphatic rings. The van der Waals surface area contributed by atoms with E-state index in [-0.39, 0.29) is 17.9 Å². The normalized spacial score (nSPS) is 20.1. The molecule has 3 rings (SSSR count). The third-order valence-electron chi connectivity index (χ3n) is 4.73. The van der Waals surface area contributed by atoms with Crippen LogP contribution < -0.4 is 10.2 Å². The summed E-state index contributed by atoms with van der Waals surface area (Å²) in [5.74, 6) is 0.223. The molecule has 1 N–H and O–H groups in total. The lowest BCUT2D eigenvalue weighted by molar-refractivity contribution is -0.119. The molecule has 130 valence electrons. The van der Waals surface area contributed by atoms with E-state index in [0.29, 0.717) is 12.8 Å². The Morgan fingerprint density at radius 1 is 1.38 bits per heavy atom. The maximum absolute atomic E-state index is 12.1. The van der Waals surface area contributed by atoms with Gasteiger partial charge in [-0.15, -0.1) is 0 Å². The molecule has 1 aromatic carbocycles. The lowest BCUT2D eigenvalue weighted by Crippen LogP contribution is -2.35. The van der Waals surface area contributed by atoms with Crippen molar-refractivity contribution in [1.29, 1.82) is 0 Å². The monoisotopic (exact) mass is 330 g/mol. The van der Waals surface area contributed by atoms with E-state index in [9.17, 15) is 9.59 Å². The Hall–Kier alpha value is -1.88. The van der Waals surface area contributed by atoms with Gasteiger partial charge >= 0.3 is 0 Å². The van der Waals surface area contributed by atoms with Crippen LogP contribution in [-0.2, 0) is 20.7 Å². The molecule has 1 atom stereocenters. The highest BCUT2D eigenvalue weighted by Gasteiger charge is 2.23. The van der Waals surface area contributed by atoms with E-state index in [4.69, 9.17) is 4.74 Å². The first-order chi connectivity index (χ1) is 11.7. The number of hydrogen-bond donors (Lipinski definition) is 1. The van der Waals surface area contributed by atoms with Crippen LogP contribution in [0.4, 0.5) is 11.4 Å². The molecule has 24 heavy (non-hydrogen) atoms. The number of nitrogens with one attached hydrogen (secondary N) is 1. The predicted octanol–water partition coefficient (Wildman–Crippen LogP) is 3.27. The van der Waals surface area contributed by atoms with Gasteiger partial charge < -0.3 is 15.0 Å². The summed E-state index contributed by atoms with van der Waals surface area (Å²) < 4.78 is 5.56. The van der Waals surface area contributed by atoms with Crippen LogP contribution in [0.5, 0.6) is 0 Å². The fourth-order valence-corrected chi connectivity index (χ4v) is 3.49. The summed E-state index contributed by atoms with van der Waals surface area (Å²) in [4.78, 5) is 26.1. The minimum Gasteiger partial charge on any atom is -0.378 e. The molecule has 2 heterocycles. The fourth-order valence-electron chi connectivity index (χ4n) is 3.49. The summed E-state index contributed by atoms with van der Waals surface area (Å²) >= 11 is 0. The Kier molecular flexibility index (Phi) is 5.51. The van der Waals surface area contributed by atoms with Gasteiger partial charge in [-0.1, -0.05) is 6.92 Å². The van der Waals surface area contributed by atoms with Crippen LogP contribution in [0, 0.1) is 0 Å². The smallest absolute Gasteiger partial charge is 0.227 e. The Labute approximate surface area is 143 Å². The van der Waals surface area contributed by atoms with E-state index >= 15 is 0 Å². The first kappa shape index (κ1) is 17.0. The maximum atomic E-state index is 12.1. The van der Waals surface area contributed by atoms with Crippen molar-refractivity contribution in [1.82, 2.24) is 0 Å². The lowest BCUT2D eigenvalue weighted by Gasteiger charge is -2.29. The SMILES string of the molecule is CCCN1C(=O)CCc2cc(NC(=O)CC[C@@H]3CCCO3)ccc21. The van der Waals surface area contributed by atoms with Gasteiger partial charge in [0, 0.05) is 37.4 Å². The molecule has 5 nitrogen and oxygen atoms in total. The highest BCUT2D eigenvalue weighted by molar-refractivity contribution is 5.97. The van der Waals surface area contributed by atoms with Crippen LogP contribution in [0.1, 0.15) is 51.0 Å². The van der Waals surface area contributed by atoms with E-state index < -0.39 is 0 Å². The molecule has 0 radical (unpaired) electrons. The number of aryl methyl sites for hydroxylation is 1. The van der Waals surface area contributed by atoms with Crippen LogP contribution in [0.2, 0.25) is 0 Å². The Bertz CT molecular complexity index is 609. The van der Waals surface area contributed by atoms with Gasteiger partial charge in [0.2, 0.25) is 11.8 Å². The Morgan fingerprint density at radius 3 is 3.00 bits per heavy atom. The third-order valence-corrected chi connectivity index (χ3v) is 4.73. The quantitative estimate of drug-likeness (QED) is 0.871. The fraction of sp³-hybridized carbons (Fsp3) is 0.579. The van der Waals surface area contributed by atoms with Gasteiger partial charge in [-0.25, -0.2) is 0 Å². The Balaban J connectivity index is 1.61. The standard InChI is InChI=1S/C19H26N2O3/c1-2-11-21-17-8-6-15(13-14(17)5-10-19(21)23)20-18(22)9-7-16-4-3-12-24-16/h6,8,13,16H,2-5,7,9-12H2,1H3,(H,20,22)/t16-/m0/s1. The zero-order valence-electron chi connectivity index (χ0n) is 14.3. The number of hydrogen-bond acceptors (Lipinski definition) is 3. The molecule has 0 spiro atoms. The highest BCUT2D eigenvalue weighted by atomic mass is 16.5. The second-order valence-corrected chi connectivity index (χ2v) is 6.61. The molecular formula is C19H26N2O3. The highest BCUT2D eigenvalue weighted by Crippen LogP contribution is 2.30. The van der Waals surface area contributed by atoms with Crippen LogP contribution >= 0.6 is 0 Å². The minimum absolute atomic E-state index is 0.0303. The first-order valence-corrected chi connectivity index (χ1v) is 9.02. The molecule has 1 fully saturated rings. The van der Waals surface area contributed by atoms with Gasteiger partial charge in [-0.2, -0.15) is 0 Å². The molecule has 1 aromatic rings. The van der Waals surface area contributed by atoms with Crippen molar-refractivity contribution in [3.63, 3.8) is 0 Å². The molecule has 2 aliphatic heterocycles. The van der Waals surface area contributed by atoms with Gasteiger partial charge in [0.1, 0.15) is 0 Å². The molecule has 0 unspecified atom stereocenters. The van der Waals surface area contributed by atoms with E-state index in [2.05, 4.69) is 12.2 Å². The van der Waals surface area contributed by atoms with E-state index in [1.54, 1.807) is 0 Å². The summed E-state index contributed by atoms with van der Waals surface area (Å²) in [5.41, 5.74) is 2.95. The molecule has 0 aromatic heterocycles. The number of fused-ring (bicyclic) bond motifs is 1. The van der Waals surface area contributed by atoms with Crippen molar-refractivity contribution < 1.29 is 14.3 Å². The van der Waals surface area contributed by atoms with Gasteiger partial charge in [-0.05, 0) is 55.9 Å². The van der Waals surface area contributed by atoms with E-state index in [1.165, 1.54) is 0 Å². The predicted molar refractivity (Wildman–Crippen MR) is 94.2 cm³/mol. The molecule has 5 heteroatoms. The number of nitrogens with zero attached hydrogens (tertiary/aromatic N) is 1. The number of anilines is 2. The van der Waals surface area contributed by atoms with Gasteiger partial charge in [0.15, 0.2) is 0 Å². The molecular weight excluding hydrogens is 304 g/mol. The van der Waals surface area contributed by atoms with Crippen molar-refractivity contribution in [3.05, 3.63) is 23.8 Å². The zero-order valence-corrected chi connectivity index (χ0v) is 14.3. The molecule has 1 saturated heterocycles. The minimum atomic E-state index is 0.0303. The first-order valence-electron chi connectivity index (χ1n) is 9.02. The van der Waals surface area contributed by atoms with Crippen molar-refractivity contribution in [2.24, 2.45) is 0 Å². The number of rotatable bonds is 6. The third kappa shape index (κ3) is 3.96. The van der Waals surface area contributed by atoms with E-state index in [1.807, 2.05) is 23.1 Å². The average Bonchev–Trinajstić information content (AvgIpc) is 3.09. The summed E-state index contributed by atoms with van der Waals surface area (Å²) in [5, 5.41) is 2.98. The average molecular weight is 330 g/mol. The number of amides is 2. The molecule has 2 amide bonds. The summed E-state index contributed by atoms with van der Waals surface area (Å²) in [6, 6.07) is 5.86. The van der Waals surface area contributed by atoms with Crippen LogP contribution in [0.15, 0.2) is 18.2 Å². The second-order valence-electron chi connectivity index (χ2n) is 6.61. The van der Waals surface area contributed by atoms with Crippen LogP contribution in [0.25, 0.3) is 0 Å². The van der Waals surface area contributed by atoms with Gasteiger partial charge in [0.25, 0.3) is 0 Å². The topological polar surface area (TPSA) is 58.6 Å². The number of carbonyl (C=O) groups is 2. The molecule has 0 bridgehead atoms. The van der Waals surface area contributed by atoms with Crippen LogP contribution in [0.3, 0.4) is 0 Å². The van der Waals surface area contributed by atoms with Gasteiger partial charge in [-0.3, -0.25) is 9.59 Å². The number of ether oxygens (including phenoxy) is 1. The van der Waals surface area contributed by atoms with Gasteiger partial charge in [0.05, 0.1) is 6.10 Å². The van der Waals surface area contributed by atoms with E-state index in [0.717, 1.165) is 62.2 Å². The van der Waals surface area contributed by atoms with Crippen molar-refractivity contribution in [2.75, 3.05) is 23.4 Å². The number of carbonyl (C=O) groups excluding carboxylic acids is 2. The van der Waals surface area contributed by atoms with Crippen LogP contribution in [-0.4, -0.2) is 31.1 Å². The Morgan fingerprint density at radius 2 is 2.25 bits per heavy atom. The summed E-state index contributed by atoms with van der Waals surface area (Å²) in [6.45, 7) is 3.65. The van der Waals surface area contributed by atoms with Crippen molar-refractivity contribution in [2.45, 2.75) is 58.0 Å². The number of benzene rings is 1. The lowest BCUT2D eigenvalue weighted by atomic mass is 10.00. The largest absolute Gasteiger partial charge is 0.378 e. The van der Waals surface area contributed by atoms with Crippen molar-refractivity contribution >= 4 is 23.2 Å². The van der Waals surface area contributed by atoms with Crippen molar-refractivity contribution in [3.8, 4) is 0 Å². The summed E-state index contributed by atoms with van der Waals surface area (Å²) in [6.07, 6.45) is 5.91. The summed E-state index contributed by atoms with van der Waals surface area (Å²) in [7, 11) is 0.